The standard InChI is InChI=1S/C13H24N2O3/c1-2-3-11(14)12(16)15-6-9-18-13(10-15)4-7-17-8-5-13/h11H,2-10,14H2,1H3/t11-/m1/s1. The van der Waals surface area contributed by atoms with Crippen molar-refractivity contribution in [2.24, 2.45) is 5.73 Å². The van der Waals surface area contributed by atoms with E-state index >= 15 is 0 Å². The van der Waals surface area contributed by atoms with Crippen LogP contribution in [0.1, 0.15) is 32.6 Å². The van der Waals surface area contributed by atoms with Gasteiger partial charge < -0.3 is 20.1 Å². The van der Waals surface area contributed by atoms with Crippen molar-refractivity contribution in [3.8, 4) is 0 Å². The second-order valence-electron chi connectivity index (χ2n) is 5.30. The van der Waals surface area contributed by atoms with Crippen molar-refractivity contribution >= 4 is 5.91 Å². The molecule has 0 radical (unpaired) electrons. The highest BCUT2D eigenvalue weighted by Crippen LogP contribution is 2.29. The van der Waals surface area contributed by atoms with Gasteiger partial charge in [0.15, 0.2) is 0 Å². The summed E-state index contributed by atoms with van der Waals surface area (Å²) in [5.41, 5.74) is 5.74. The number of carbonyl (C=O) groups is 1. The second kappa shape index (κ2) is 5.99. The summed E-state index contributed by atoms with van der Waals surface area (Å²) in [6, 6.07) is -0.356. The molecule has 1 spiro atoms. The molecule has 5 nitrogen and oxygen atoms in total. The largest absolute Gasteiger partial charge is 0.381 e. The molecule has 2 aliphatic heterocycles. The molecule has 2 heterocycles. The lowest BCUT2D eigenvalue weighted by Gasteiger charge is -2.45. The topological polar surface area (TPSA) is 64.8 Å². The van der Waals surface area contributed by atoms with E-state index in [1.54, 1.807) is 0 Å². The Morgan fingerprint density at radius 2 is 2.11 bits per heavy atom. The van der Waals surface area contributed by atoms with Crippen LogP contribution in [0.25, 0.3) is 0 Å². The van der Waals surface area contributed by atoms with Crippen molar-refractivity contribution in [2.75, 3.05) is 32.9 Å². The number of amides is 1. The summed E-state index contributed by atoms with van der Waals surface area (Å²) in [4.78, 5) is 14.1. The molecule has 0 saturated carbocycles. The van der Waals surface area contributed by atoms with E-state index in [0.717, 1.165) is 38.9 Å². The Hall–Kier alpha value is -0.650. The highest BCUT2D eigenvalue weighted by atomic mass is 16.5. The molecule has 104 valence electrons. The highest BCUT2D eigenvalue weighted by Gasteiger charge is 2.40. The average Bonchev–Trinajstić information content (AvgIpc) is 2.39. The summed E-state index contributed by atoms with van der Waals surface area (Å²) in [6.07, 6.45) is 3.45. The summed E-state index contributed by atoms with van der Waals surface area (Å²) in [7, 11) is 0. The minimum absolute atomic E-state index is 0.0750. The number of hydrogen-bond acceptors (Lipinski definition) is 4. The number of ether oxygens (including phenoxy) is 2. The summed E-state index contributed by atoms with van der Waals surface area (Å²) in [6.45, 7) is 5.45. The van der Waals surface area contributed by atoms with Gasteiger partial charge in [-0.1, -0.05) is 13.3 Å². The van der Waals surface area contributed by atoms with Gasteiger partial charge in [-0.2, -0.15) is 0 Å². The molecule has 2 fully saturated rings. The van der Waals surface area contributed by atoms with Crippen LogP contribution < -0.4 is 5.73 Å². The molecule has 1 atom stereocenters. The number of nitrogens with two attached hydrogens (primary N) is 1. The van der Waals surface area contributed by atoms with Crippen molar-refractivity contribution in [1.82, 2.24) is 4.90 Å². The van der Waals surface area contributed by atoms with Crippen LogP contribution in [0.3, 0.4) is 0 Å². The van der Waals surface area contributed by atoms with Crippen LogP contribution in [0.15, 0.2) is 0 Å². The predicted octanol–water partition coefficient (Wildman–Crippen LogP) is 0.522. The molecule has 2 saturated heterocycles. The third-order valence-electron chi connectivity index (χ3n) is 3.88. The molecule has 1 amide bonds. The molecule has 0 aromatic rings. The Kier molecular flexibility index (Phi) is 4.59. The summed E-state index contributed by atoms with van der Waals surface area (Å²) >= 11 is 0. The monoisotopic (exact) mass is 256 g/mol. The number of carbonyl (C=O) groups excluding carboxylic acids is 1. The van der Waals surface area contributed by atoms with E-state index in [1.165, 1.54) is 0 Å². The average molecular weight is 256 g/mol. The van der Waals surface area contributed by atoms with E-state index in [9.17, 15) is 4.79 Å². The van der Waals surface area contributed by atoms with E-state index in [1.807, 2.05) is 11.8 Å². The van der Waals surface area contributed by atoms with Crippen LogP contribution in [-0.2, 0) is 14.3 Å². The van der Waals surface area contributed by atoms with Gasteiger partial charge >= 0.3 is 0 Å². The fraction of sp³-hybridized carbons (Fsp3) is 0.923. The van der Waals surface area contributed by atoms with Gasteiger partial charge in [-0.15, -0.1) is 0 Å². The second-order valence-corrected chi connectivity index (χ2v) is 5.30. The van der Waals surface area contributed by atoms with Gasteiger partial charge in [-0.3, -0.25) is 4.79 Å². The van der Waals surface area contributed by atoms with Crippen molar-refractivity contribution in [1.29, 1.82) is 0 Å². The maximum atomic E-state index is 12.2. The van der Waals surface area contributed by atoms with Gasteiger partial charge in [0, 0.05) is 39.1 Å². The van der Waals surface area contributed by atoms with E-state index < -0.39 is 0 Å². The van der Waals surface area contributed by atoms with Crippen LogP contribution in [0.5, 0.6) is 0 Å². The third-order valence-corrected chi connectivity index (χ3v) is 3.88. The molecule has 0 aromatic carbocycles. The molecule has 0 aromatic heterocycles. The van der Waals surface area contributed by atoms with Gasteiger partial charge in [0.2, 0.25) is 5.91 Å². The summed E-state index contributed by atoms with van der Waals surface area (Å²) < 4.78 is 11.3. The van der Waals surface area contributed by atoms with E-state index in [4.69, 9.17) is 15.2 Å². The van der Waals surface area contributed by atoms with E-state index in [-0.39, 0.29) is 17.6 Å². The first kappa shape index (κ1) is 13.8. The SMILES string of the molecule is CCC[C@@H](N)C(=O)N1CCOC2(CCOCC2)C1. The summed E-state index contributed by atoms with van der Waals surface area (Å²) in [5, 5.41) is 0. The Labute approximate surface area is 109 Å². The van der Waals surface area contributed by atoms with Crippen molar-refractivity contribution in [3.05, 3.63) is 0 Å². The first-order valence-electron chi connectivity index (χ1n) is 6.93. The quantitative estimate of drug-likeness (QED) is 0.799. The molecule has 2 aliphatic rings. The minimum atomic E-state index is -0.356. The van der Waals surface area contributed by atoms with Crippen LogP contribution in [0.4, 0.5) is 0 Å². The van der Waals surface area contributed by atoms with Gasteiger partial charge in [-0.25, -0.2) is 0 Å². The fourth-order valence-electron chi connectivity index (χ4n) is 2.75. The lowest BCUT2D eigenvalue weighted by Crippen LogP contribution is -2.58. The number of nitrogens with zero attached hydrogens (tertiary/aromatic N) is 1. The van der Waals surface area contributed by atoms with Gasteiger partial charge in [0.1, 0.15) is 0 Å². The number of rotatable bonds is 3. The van der Waals surface area contributed by atoms with Crippen LogP contribution >= 0.6 is 0 Å². The van der Waals surface area contributed by atoms with Crippen LogP contribution in [-0.4, -0.2) is 55.4 Å². The lowest BCUT2D eigenvalue weighted by atomic mass is 9.91. The van der Waals surface area contributed by atoms with Gasteiger partial charge in [0.05, 0.1) is 18.2 Å². The van der Waals surface area contributed by atoms with Crippen molar-refractivity contribution < 1.29 is 14.3 Å². The molecular weight excluding hydrogens is 232 g/mol. The Morgan fingerprint density at radius 3 is 2.78 bits per heavy atom. The maximum absolute atomic E-state index is 12.2. The predicted molar refractivity (Wildman–Crippen MR) is 68.2 cm³/mol. The molecule has 0 unspecified atom stereocenters. The molecular formula is C13H24N2O3. The Bertz CT molecular complexity index is 284. The minimum Gasteiger partial charge on any atom is -0.381 e. The zero-order chi connectivity index (χ0) is 13.0. The molecule has 18 heavy (non-hydrogen) atoms. The zero-order valence-corrected chi connectivity index (χ0v) is 11.2. The van der Waals surface area contributed by atoms with Crippen LogP contribution in [0, 0.1) is 0 Å². The number of hydrogen-bond donors (Lipinski definition) is 1. The highest BCUT2D eigenvalue weighted by molar-refractivity contribution is 5.81. The first-order chi connectivity index (χ1) is 8.67. The van der Waals surface area contributed by atoms with Crippen LogP contribution in [0.2, 0.25) is 0 Å². The normalized spacial score (nSPS) is 25.1. The smallest absolute Gasteiger partial charge is 0.239 e. The Morgan fingerprint density at radius 1 is 1.39 bits per heavy atom. The molecule has 0 aliphatic carbocycles. The first-order valence-corrected chi connectivity index (χ1v) is 6.93. The molecule has 0 bridgehead atoms. The Balaban J connectivity index is 1.95. The lowest BCUT2D eigenvalue weighted by molar-refractivity contribution is -0.168. The summed E-state index contributed by atoms with van der Waals surface area (Å²) in [5.74, 6) is 0.0750. The van der Waals surface area contributed by atoms with Crippen molar-refractivity contribution in [3.63, 3.8) is 0 Å². The fourth-order valence-corrected chi connectivity index (χ4v) is 2.75. The van der Waals surface area contributed by atoms with E-state index in [0.29, 0.717) is 19.7 Å². The molecule has 5 heteroatoms. The molecule has 2 N–H and O–H groups in total. The van der Waals surface area contributed by atoms with E-state index in [2.05, 4.69) is 0 Å². The number of morpholine rings is 1. The maximum Gasteiger partial charge on any atom is 0.239 e. The molecule has 2 rings (SSSR count). The van der Waals surface area contributed by atoms with Crippen molar-refractivity contribution in [2.45, 2.75) is 44.2 Å². The van der Waals surface area contributed by atoms with Gasteiger partial charge in [-0.05, 0) is 6.42 Å². The van der Waals surface area contributed by atoms with Gasteiger partial charge in [0.25, 0.3) is 0 Å². The third kappa shape index (κ3) is 3.02. The zero-order valence-electron chi connectivity index (χ0n) is 11.2.